The van der Waals surface area contributed by atoms with E-state index in [0.29, 0.717) is 18.2 Å². The first-order valence-corrected chi connectivity index (χ1v) is 6.50. The number of halogens is 1. The van der Waals surface area contributed by atoms with E-state index in [0.717, 1.165) is 16.6 Å². The Morgan fingerprint density at radius 3 is 2.65 bits per heavy atom. The Morgan fingerprint density at radius 2 is 2.18 bits per heavy atom. The summed E-state index contributed by atoms with van der Waals surface area (Å²) in [6.07, 6.45) is 0.755. The largest absolute Gasteiger partial charge is 0.351 e. The van der Waals surface area contributed by atoms with E-state index in [2.05, 4.69) is 31.4 Å². The lowest BCUT2D eigenvalue weighted by atomic mass is 10.1. The summed E-state index contributed by atoms with van der Waals surface area (Å²) in [6.45, 7) is 6.55. The molecule has 0 aliphatic rings. The Hall–Kier alpha value is -0.880. The van der Waals surface area contributed by atoms with Crippen LogP contribution in [0, 0.1) is 0 Å². The second kappa shape index (κ2) is 6.16. The molecule has 1 unspecified atom stereocenters. The molecule has 0 saturated carbocycles. The second-order valence-corrected chi connectivity index (χ2v) is 5.27. The van der Waals surface area contributed by atoms with Gasteiger partial charge in [-0.3, -0.25) is 9.89 Å². The average Bonchev–Trinajstić information content (AvgIpc) is 2.59. The Morgan fingerprint density at radius 1 is 1.53 bits per heavy atom. The van der Waals surface area contributed by atoms with Crippen molar-refractivity contribution in [2.24, 2.45) is 5.73 Å². The van der Waals surface area contributed by atoms with E-state index in [4.69, 9.17) is 5.73 Å². The van der Waals surface area contributed by atoms with E-state index in [1.54, 1.807) is 0 Å². The molecule has 6 heteroatoms. The summed E-state index contributed by atoms with van der Waals surface area (Å²) < 4.78 is 0.741. The van der Waals surface area contributed by atoms with Crippen LogP contribution in [-0.4, -0.2) is 28.7 Å². The van der Waals surface area contributed by atoms with E-state index in [1.807, 2.05) is 20.8 Å². The highest BCUT2D eigenvalue weighted by atomic mass is 79.9. The highest BCUT2D eigenvalue weighted by molar-refractivity contribution is 9.10. The number of nitrogens with zero attached hydrogens (tertiary/aromatic N) is 1. The molecule has 0 aromatic carbocycles. The first-order valence-electron chi connectivity index (χ1n) is 5.71. The van der Waals surface area contributed by atoms with Crippen molar-refractivity contribution in [3.8, 4) is 0 Å². The minimum absolute atomic E-state index is 0.0872. The van der Waals surface area contributed by atoms with Crippen molar-refractivity contribution in [2.75, 3.05) is 6.54 Å². The predicted octanol–water partition coefficient (Wildman–Crippen LogP) is 1.76. The van der Waals surface area contributed by atoms with Gasteiger partial charge in [-0.1, -0.05) is 13.8 Å². The van der Waals surface area contributed by atoms with Crippen LogP contribution in [0.5, 0.6) is 0 Å². The van der Waals surface area contributed by atoms with Gasteiger partial charge in [0.15, 0.2) is 5.69 Å². The highest BCUT2D eigenvalue weighted by Crippen LogP contribution is 2.25. The summed E-state index contributed by atoms with van der Waals surface area (Å²) in [5.74, 6) is 0.114. The smallest absolute Gasteiger partial charge is 0.272 e. The number of hydrogen-bond donors (Lipinski definition) is 3. The highest BCUT2D eigenvalue weighted by Gasteiger charge is 2.18. The van der Waals surface area contributed by atoms with Gasteiger partial charge in [0.1, 0.15) is 0 Å². The Balaban J connectivity index is 2.63. The molecule has 17 heavy (non-hydrogen) atoms. The Bertz CT molecular complexity index is 387. The molecule has 5 nitrogen and oxygen atoms in total. The molecular formula is C11H19BrN4O. The van der Waals surface area contributed by atoms with Crippen molar-refractivity contribution in [3.05, 3.63) is 15.9 Å². The summed E-state index contributed by atoms with van der Waals surface area (Å²) in [5.41, 5.74) is 6.94. The van der Waals surface area contributed by atoms with Crippen LogP contribution in [-0.2, 0) is 0 Å². The maximum atomic E-state index is 11.8. The molecule has 0 aliphatic carbocycles. The molecule has 0 aliphatic heterocycles. The quantitative estimate of drug-likeness (QED) is 0.775. The molecule has 0 spiro atoms. The molecule has 0 radical (unpaired) electrons. The predicted molar refractivity (Wildman–Crippen MR) is 71.0 cm³/mol. The number of rotatable bonds is 5. The van der Waals surface area contributed by atoms with Crippen molar-refractivity contribution in [1.82, 2.24) is 15.5 Å². The molecule has 1 aromatic rings. The number of hydrogen-bond acceptors (Lipinski definition) is 3. The van der Waals surface area contributed by atoms with Crippen LogP contribution in [0.1, 0.15) is 49.3 Å². The SMILES string of the molecule is CC(N)CCNC(=O)c1n[nH]c(C(C)C)c1Br. The van der Waals surface area contributed by atoms with Crippen molar-refractivity contribution in [1.29, 1.82) is 0 Å². The zero-order chi connectivity index (χ0) is 13.0. The number of aromatic amines is 1. The zero-order valence-corrected chi connectivity index (χ0v) is 12.0. The maximum Gasteiger partial charge on any atom is 0.272 e. The lowest BCUT2D eigenvalue weighted by Crippen LogP contribution is -2.29. The van der Waals surface area contributed by atoms with E-state index in [1.165, 1.54) is 0 Å². The molecule has 1 aromatic heterocycles. The molecule has 1 atom stereocenters. The van der Waals surface area contributed by atoms with Crippen molar-refractivity contribution < 1.29 is 4.79 Å². The standard InChI is InChI=1S/C11H19BrN4O/c1-6(2)9-8(12)10(16-15-9)11(17)14-5-4-7(3)13/h6-7H,4-5,13H2,1-3H3,(H,14,17)(H,15,16). The lowest BCUT2D eigenvalue weighted by Gasteiger charge is -2.06. The minimum Gasteiger partial charge on any atom is -0.351 e. The summed E-state index contributed by atoms with van der Waals surface area (Å²) in [4.78, 5) is 11.8. The minimum atomic E-state index is -0.180. The second-order valence-electron chi connectivity index (χ2n) is 4.48. The zero-order valence-electron chi connectivity index (χ0n) is 10.4. The first-order chi connectivity index (χ1) is 7.93. The van der Waals surface area contributed by atoms with Gasteiger partial charge in [-0.2, -0.15) is 5.10 Å². The molecule has 0 bridgehead atoms. The van der Waals surface area contributed by atoms with E-state index in [9.17, 15) is 4.79 Å². The number of carbonyl (C=O) groups excluding carboxylic acids is 1. The molecule has 1 rings (SSSR count). The van der Waals surface area contributed by atoms with E-state index < -0.39 is 0 Å². The van der Waals surface area contributed by atoms with Gasteiger partial charge in [0.05, 0.1) is 10.2 Å². The molecule has 4 N–H and O–H groups in total. The molecule has 1 heterocycles. The molecule has 0 saturated heterocycles. The van der Waals surface area contributed by atoms with Gasteiger partial charge < -0.3 is 11.1 Å². The number of amides is 1. The number of nitrogens with one attached hydrogen (secondary N) is 2. The number of carbonyl (C=O) groups is 1. The molecule has 0 fully saturated rings. The van der Waals surface area contributed by atoms with Crippen LogP contribution in [0.4, 0.5) is 0 Å². The van der Waals surface area contributed by atoms with Crippen molar-refractivity contribution in [3.63, 3.8) is 0 Å². The Kier molecular flexibility index (Phi) is 5.14. The summed E-state index contributed by atoms with van der Waals surface area (Å²) in [6, 6.07) is 0.0872. The van der Waals surface area contributed by atoms with Crippen LogP contribution in [0.15, 0.2) is 4.47 Å². The van der Waals surface area contributed by atoms with Gasteiger partial charge in [0.2, 0.25) is 0 Å². The van der Waals surface area contributed by atoms with Crippen LogP contribution in [0.2, 0.25) is 0 Å². The van der Waals surface area contributed by atoms with E-state index in [-0.39, 0.29) is 11.9 Å². The third-order valence-electron chi connectivity index (χ3n) is 2.41. The number of H-pyrrole nitrogens is 1. The van der Waals surface area contributed by atoms with Crippen LogP contribution >= 0.6 is 15.9 Å². The van der Waals surface area contributed by atoms with Crippen LogP contribution < -0.4 is 11.1 Å². The fourth-order valence-electron chi connectivity index (χ4n) is 1.37. The van der Waals surface area contributed by atoms with Gasteiger partial charge in [-0.05, 0) is 35.2 Å². The summed E-state index contributed by atoms with van der Waals surface area (Å²) >= 11 is 3.39. The van der Waals surface area contributed by atoms with Crippen LogP contribution in [0.25, 0.3) is 0 Å². The molecular weight excluding hydrogens is 284 g/mol. The summed E-state index contributed by atoms with van der Waals surface area (Å²) in [7, 11) is 0. The van der Waals surface area contributed by atoms with Gasteiger partial charge in [0.25, 0.3) is 5.91 Å². The normalized spacial score (nSPS) is 12.8. The lowest BCUT2D eigenvalue weighted by molar-refractivity contribution is 0.0947. The topological polar surface area (TPSA) is 83.8 Å². The van der Waals surface area contributed by atoms with Gasteiger partial charge in [-0.25, -0.2) is 0 Å². The fraction of sp³-hybridized carbons (Fsp3) is 0.636. The summed E-state index contributed by atoms with van der Waals surface area (Å²) in [5, 5.41) is 9.68. The molecule has 96 valence electrons. The average molecular weight is 303 g/mol. The van der Waals surface area contributed by atoms with Gasteiger partial charge >= 0.3 is 0 Å². The van der Waals surface area contributed by atoms with Crippen LogP contribution in [0.3, 0.4) is 0 Å². The monoisotopic (exact) mass is 302 g/mol. The number of nitrogens with two attached hydrogens (primary N) is 1. The van der Waals surface area contributed by atoms with Crippen molar-refractivity contribution in [2.45, 2.75) is 39.2 Å². The Labute approximate surface area is 110 Å². The van der Waals surface area contributed by atoms with Crippen molar-refractivity contribution >= 4 is 21.8 Å². The fourth-order valence-corrected chi connectivity index (χ4v) is 2.19. The van der Waals surface area contributed by atoms with E-state index >= 15 is 0 Å². The third kappa shape index (κ3) is 3.81. The third-order valence-corrected chi connectivity index (χ3v) is 3.21. The molecule has 1 amide bonds. The van der Waals surface area contributed by atoms with Gasteiger partial charge in [-0.15, -0.1) is 0 Å². The first kappa shape index (κ1) is 14.2. The maximum absolute atomic E-state index is 11.8. The van der Waals surface area contributed by atoms with Gasteiger partial charge in [0, 0.05) is 12.6 Å². The number of aromatic nitrogens is 2.